The molecule has 13 heavy (non-hydrogen) atoms. The third-order valence-electron chi connectivity index (χ3n) is 1.37. The van der Waals surface area contributed by atoms with E-state index in [0.717, 1.165) is 0 Å². The second-order valence-corrected chi connectivity index (χ2v) is 10.7. The van der Waals surface area contributed by atoms with E-state index >= 15 is 0 Å². The van der Waals surface area contributed by atoms with Crippen LogP contribution in [-0.2, 0) is 13.0 Å². The van der Waals surface area contributed by atoms with Gasteiger partial charge in [0, 0.05) is 0 Å². The van der Waals surface area contributed by atoms with Gasteiger partial charge in [0.25, 0.3) is 0 Å². The molecule has 0 saturated carbocycles. The molecule has 0 fully saturated rings. The molecule has 0 bridgehead atoms. The van der Waals surface area contributed by atoms with E-state index in [1.54, 1.807) is 0 Å². The van der Waals surface area contributed by atoms with Gasteiger partial charge in [-0.25, -0.2) is 0 Å². The summed E-state index contributed by atoms with van der Waals surface area (Å²) in [5.41, 5.74) is 4.06. The molecule has 0 spiro atoms. The quantitative estimate of drug-likeness (QED) is 0.607. The summed E-state index contributed by atoms with van der Waals surface area (Å²) >= 11 is -1.75. The third-order valence-corrected chi connectivity index (χ3v) is 1.37. The van der Waals surface area contributed by atoms with Crippen LogP contribution in [0.3, 0.4) is 0 Å². The molecular formula is C9H12Cl3Ru. The van der Waals surface area contributed by atoms with Crippen molar-refractivity contribution in [2.75, 3.05) is 0 Å². The number of hydrogen-bond donors (Lipinski definition) is 0. The average Bonchev–Trinajstić information content (AvgIpc) is 1.80. The van der Waals surface area contributed by atoms with Crippen LogP contribution < -0.4 is 0 Å². The third kappa shape index (κ3) is 9.03. The Morgan fingerprint density at radius 3 is 1.08 bits per heavy atom. The van der Waals surface area contributed by atoms with Gasteiger partial charge in [-0.1, -0.05) is 34.9 Å². The summed E-state index contributed by atoms with van der Waals surface area (Å²) < 4.78 is 0. The Labute approximate surface area is 97.2 Å². The summed E-state index contributed by atoms with van der Waals surface area (Å²) in [6.45, 7) is 6.38. The maximum atomic E-state index is 4.95. The maximum absolute atomic E-state index is 4.95. The summed E-state index contributed by atoms with van der Waals surface area (Å²) in [5, 5.41) is 0. The Kier molecular flexibility index (Phi) is 7.45. The average molecular weight is 328 g/mol. The molecule has 0 aliphatic heterocycles. The van der Waals surface area contributed by atoms with Crippen molar-refractivity contribution in [2.24, 2.45) is 0 Å². The number of halogens is 3. The Bertz CT molecular complexity index is 208. The van der Waals surface area contributed by atoms with Gasteiger partial charge in [0.2, 0.25) is 0 Å². The van der Waals surface area contributed by atoms with Crippen LogP contribution in [-0.4, -0.2) is 0 Å². The van der Waals surface area contributed by atoms with Crippen molar-refractivity contribution in [1.29, 1.82) is 0 Å². The zero-order valence-electron chi connectivity index (χ0n) is 7.72. The number of rotatable bonds is 0. The normalized spacial score (nSPS) is 10.2. The summed E-state index contributed by atoms with van der Waals surface area (Å²) in [5.74, 6) is 0. The van der Waals surface area contributed by atoms with E-state index in [2.05, 4.69) is 39.0 Å². The van der Waals surface area contributed by atoms with Gasteiger partial charge in [-0.05, 0) is 20.8 Å². The first-order valence-electron chi connectivity index (χ1n) is 3.63. The van der Waals surface area contributed by atoms with E-state index in [1.807, 2.05) is 0 Å². The van der Waals surface area contributed by atoms with Gasteiger partial charge in [0.05, 0.1) is 0 Å². The second kappa shape index (κ2) is 7.06. The predicted octanol–water partition coefficient (Wildman–Crippen LogP) is 4.68. The van der Waals surface area contributed by atoms with Crippen molar-refractivity contribution >= 4 is 29.1 Å². The first-order valence-corrected chi connectivity index (χ1v) is 10.3. The monoisotopic (exact) mass is 327 g/mol. The van der Waals surface area contributed by atoms with Crippen LogP contribution in [0.15, 0.2) is 18.2 Å². The molecule has 0 heterocycles. The zero-order valence-corrected chi connectivity index (χ0v) is 11.7. The number of hydrogen-bond acceptors (Lipinski definition) is 0. The zero-order chi connectivity index (χ0) is 10.4. The Morgan fingerprint density at radius 1 is 0.769 bits per heavy atom. The Hall–Kier alpha value is 0.713. The molecule has 0 radical (unpaired) electrons. The molecule has 0 aliphatic carbocycles. The summed E-state index contributed by atoms with van der Waals surface area (Å²) in [7, 11) is 14.8. The van der Waals surface area contributed by atoms with Crippen LogP contribution in [0.1, 0.15) is 16.7 Å². The van der Waals surface area contributed by atoms with Crippen LogP contribution in [0.25, 0.3) is 0 Å². The van der Waals surface area contributed by atoms with Crippen LogP contribution in [0.4, 0.5) is 0 Å². The van der Waals surface area contributed by atoms with Crippen molar-refractivity contribution in [1.82, 2.24) is 0 Å². The molecule has 0 unspecified atom stereocenters. The number of aryl methyl sites for hydroxylation is 3. The molecule has 0 saturated heterocycles. The molecule has 1 rings (SSSR count). The van der Waals surface area contributed by atoms with Crippen molar-refractivity contribution < 1.29 is 13.0 Å². The topological polar surface area (TPSA) is 0 Å². The van der Waals surface area contributed by atoms with Crippen LogP contribution >= 0.6 is 29.1 Å². The second-order valence-electron chi connectivity index (χ2n) is 2.82. The van der Waals surface area contributed by atoms with Gasteiger partial charge < -0.3 is 0 Å². The fourth-order valence-electron chi connectivity index (χ4n) is 1.20. The van der Waals surface area contributed by atoms with E-state index in [-0.39, 0.29) is 0 Å². The molecule has 0 aliphatic rings. The summed E-state index contributed by atoms with van der Waals surface area (Å²) in [6.07, 6.45) is 0. The van der Waals surface area contributed by atoms with Crippen molar-refractivity contribution in [3.8, 4) is 0 Å². The molecule has 0 atom stereocenters. The molecule has 4 heteroatoms. The molecule has 77 valence electrons. The van der Waals surface area contributed by atoms with Crippen LogP contribution in [0, 0.1) is 20.8 Å². The SMILES string of the molecule is Cc1cc(C)cc(C)c1.[Cl][Ru]([Cl])[Cl]. The van der Waals surface area contributed by atoms with Crippen LogP contribution in [0.5, 0.6) is 0 Å². The Balaban J connectivity index is 0.000000310. The van der Waals surface area contributed by atoms with E-state index in [4.69, 9.17) is 29.1 Å². The van der Waals surface area contributed by atoms with Gasteiger partial charge in [0.15, 0.2) is 0 Å². The summed E-state index contributed by atoms with van der Waals surface area (Å²) in [4.78, 5) is 0. The first kappa shape index (κ1) is 13.7. The molecule has 0 aromatic heterocycles. The minimum atomic E-state index is -1.75. The predicted molar refractivity (Wildman–Crippen MR) is 58.2 cm³/mol. The first-order chi connectivity index (χ1) is 5.91. The molecule has 1 aromatic carbocycles. The standard InChI is InChI=1S/C9H12.3ClH.Ru/c1-7-4-8(2)6-9(3)5-7;;;;/h4-6H,1-3H3;3*1H;/q;;;;+3/p-3. The van der Waals surface area contributed by atoms with Crippen molar-refractivity contribution in [2.45, 2.75) is 20.8 Å². The molecular weight excluding hydrogens is 316 g/mol. The van der Waals surface area contributed by atoms with Gasteiger partial charge >= 0.3 is 42.1 Å². The van der Waals surface area contributed by atoms with E-state index < -0.39 is 13.0 Å². The molecule has 0 N–H and O–H groups in total. The minimum absolute atomic E-state index is 1.35. The molecule has 0 nitrogen and oxygen atoms in total. The van der Waals surface area contributed by atoms with Crippen LogP contribution in [0.2, 0.25) is 0 Å². The van der Waals surface area contributed by atoms with Crippen molar-refractivity contribution in [3.05, 3.63) is 34.9 Å². The van der Waals surface area contributed by atoms with E-state index in [1.165, 1.54) is 16.7 Å². The van der Waals surface area contributed by atoms with Gasteiger partial charge in [0.1, 0.15) is 0 Å². The Morgan fingerprint density at radius 2 is 0.923 bits per heavy atom. The fourth-order valence-corrected chi connectivity index (χ4v) is 1.20. The van der Waals surface area contributed by atoms with Gasteiger partial charge in [-0.15, -0.1) is 0 Å². The number of benzene rings is 1. The molecule has 0 amide bonds. The van der Waals surface area contributed by atoms with E-state index in [9.17, 15) is 0 Å². The molecule has 1 aromatic rings. The van der Waals surface area contributed by atoms with Crippen molar-refractivity contribution in [3.63, 3.8) is 0 Å². The van der Waals surface area contributed by atoms with Gasteiger partial charge in [-0.2, -0.15) is 0 Å². The van der Waals surface area contributed by atoms with E-state index in [0.29, 0.717) is 0 Å². The van der Waals surface area contributed by atoms with Gasteiger partial charge in [-0.3, -0.25) is 0 Å². The summed E-state index contributed by atoms with van der Waals surface area (Å²) in [6, 6.07) is 6.56. The fraction of sp³-hybridized carbons (Fsp3) is 0.333.